The summed E-state index contributed by atoms with van der Waals surface area (Å²) in [6.45, 7) is 0.406. The molecule has 1 fully saturated rings. The van der Waals surface area contributed by atoms with Gasteiger partial charge < -0.3 is 0 Å². The van der Waals surface area contributed by atoms with Crippen molar-refractivity contribution in [2.45, 2.75) is 25.3 Å². The maximum Gasteiger partial charge on any atom is 0.416 e. The van der Waals surface area contributed by atoms with E-state index in [4.69, 9.17) is 5.26 Å². The molecular formula is C16H11F6N3. The van der Waals surface area contributed by atoms with Crippen molar-refractivity contribution in [1.29, 1.82) is 5.26 Å². The minimum absolute atomic E-state index is 0.0192. The van der Waals surface area contributed by atoms with Crippen LogP contribution in [0.5, 0.6) is 0 Å². The summed E-state index contributed by atoms with van der Waals surface area (Å²) < 4.78 is 78.8. The Morgan fingerprint density at radius 2 is 1.68 bits per heavy atom. The number of rotatable bonds is 3. The van der Waals surface area contributed by atoms with E-state index in [1.807, 2.05) is 0 Å². The summed E-state index contributed by atoms with van der Waals surface area (Å²) in [5.41, 5.74) is -2.99. The summed E-state index contributed by atoms with van der Waals surface area (Å²) in [6, 6.07) is 4.85. The van der Waals surface area contributed by atoms with Gasteiger partial charge in [0, 0.05) is 18.3 Å². The lowest BCUT2D eigenvalue weighted by molar-refractivity contribution is -0.143. The fourth-order valence-corrected chi connectivity index (χ4v) is 2.57. The van der Waals surface area contributed by atoms with Crippen LogP contribution in [0.1, 0.15) is 17.5 Å². The number of benzene rings is 1. The molecule has 1 heterocycles. The van der Waals surface area contributed by atoms with Crippen LogP contribution in [0.15, 0.2) is 30.5 Å². The Hall–Kier alpha value is -2.50. The van der Waals surface area contributed by atoms with Crippen molar-refractivity contribution in [2.24, 2.45) is 11.8 Å². The number of halogens is 6. The second-order valence-electron chi connectivity index (χ2n) is 5.95. The van der Waals surface area contributed by atoms with Gasteiger partial charge in [0.25, 0.3) is 0 Å². The molecule has 1 saturated carbocycles. The van der Waals surface area contributed by atoms with Crippen molar-refractivity contribution >= 4 is 0 Å². The van der Waals surface area contributed by atoms with E-state index in [0.29, 0.717) is 25.1 Å². The first kappa shape index (κ1) is 17.3. The summed E-state index contributed by atoms with van der Waals surface area (Å²) in [7, 11) is 0. The summed E-state index contributed by atoms with van der Waals surface area (Å²) >= 11 is 0. The van der Waals surface area contributed by atoms with Crippen LogP contribution in [0.4, 0.5) is 26.3 Å². The fraction of sp³-hybridized carbons (Fsp3) is 0.375. The quantitative estimate of drug-likeness (QED) is 0.743. The van der Waals surface area contributed by atoms with Gasteiger partial charge in [-0.05, 0) is 36.6 Å². The lowest BCUT2D eigenvalue weighted by atomic mass is 10.0. The Morgan fingerprint density at radius 3 is 2.16 bits per heavy atom. The summed E-state index contributed by atoms with van der Waals surface area (Å²) in [5, 5.41) is 12.8. The molecule has 0 N–H and O–H groups in total. The highest BCUT2D eigenvalue weighted by atomic mass is 19.4. The van der Waals surface area contributed by atoms with Crippen LogP contribution in [-0.2, 0) is 18.9 Å². The first-order valence-electron chi connectivity index (χ1n) is 7.31. The molecule has 9 heteroatoms. The maximum absolute atomic E-state index is 12.9. The zero-order chi connectivity index (χ0) is 18.4. The first-order chi connectivity index (χ1) is 11.6. The SMILES string of the molecule is N#CC1CC1Cn1ccc(-c2cc(C(F)(F)F)cc(C(F)(F)F)c2)n1. The molecule has 0 bridgehead atoms. The lowest BCUT2D eigenvalue weighted by Crippen LogP contribution is -2.11. The third-order valence-corrected chi connectivity index (χ3v) is 4.03. The molecule has 2 atom stereocenters. The standard InChI is InChI=1S/C16H11F6N3/c17-15(18,19)12-4-9(5-13(6-12)16(20,21)22)14-1-2-25(24-14)8-11-3-10(11)7-23/h1-2,4-6,10-11H,3,8H2. The van der Waals surface area contributed by atoms with Gasteiger partial charge in [0.15, 0.2) is 0 Å². The van der Waals surface area contributed by atoms with Gasteiger partial charge in [-0.15, -0.1) is 0 Å². The summed E-state index contributed by atoms with van der Waals surface area (Å²) in [5.74, 6) is 0.0445. The second-order valence-corrected chi connectivity index (χ2v) is 5.95. The van der Waals surface area contributed by atoms with Gasteiger partial charge in [0.2, 0.25) is 0 Å². The number of hydrogen-bond acceptors (Lipinski definition) is 2. The van der Waals surface area contributed by atoms with E-state index in [2.05, 4.69) is 11.2 Å². The first-order valence-corrected chi connectivity index (χ1v) is 7.31. The minimum Gasteiger partial charge on any atom is -0.272 e. The van der Waals surface area contributed by atoms with Crippen molar-refractivity contribution in [3.8, 4) is 17.3 Å². The van der Waals surface area contributed by atoms with Gasteiger partial charge in [-0.25, -0.2) is 0 Å². The number of alkyl halides is 6. The van der Waals surface area contributed by atoms with Crippen LogP contribution in [0, 0.1) is 23.2 Å². The molecule has 0 amide bonds. The van der Waals surface area contributed by atoms with Crippen LogP contribution < -0.4 is 0 Å². The highest BCUT2D eigenvalue weighted by Crippen LogP contribution is 2.40. The number of nitriles is 1. The molecule has 0 spiro atoms. The van der Waals surface area contributed by atoms with Crippen molar-refractivity contribution in [1.82, 2.24) is 9.78 Å². The Bertz CT molecular complexity index is 795. The molecule has 0 aliphatic heterocycles. The molecule has 132 valence electrons. The Balaban J connectivity index is 1.94. The van der Waals surface area contributed by atoms with Crippen molar-refractivity contribution in [3.05, 3.63) is 41.6 Å². The van der Waals surface area contributed by atoms with E-state index >= 15 is 0 Å². The van der Waals surface area contributed by atoms with Crippen LogP contribution in [0.2, 0.25) is 0 Å². The van der Waals surface area contributed by atoms with Gasteiger partial charge in [-0.3, -0.25) is 4.68 Å². The topological polar surface area (TPSA) is 41.6 Å². The highest BCUT2D eigenvalue weighted by molar-refractivity contribution is 5.61. The van der Waals surface area contributed by atoms with Crippen LogP contribution in [0.25, 0.3) is 11.3 Å². The molecule has 3 nitrogen and oxygen atoms in total. The minimum atomic E-state index is -4.90. The molecule has 2 unspecified atom stereocenters. The third kappa shape index (κ3) is 3.78. The number of aromatic nitrogens is 2. The normalized spacial score (nSPS) is 20.4. The van der Waals surface area contributed by atoms with E-state index in [1.54, 1.807) is 0 Å². The van der Waals surface area contributed by atoms with Gasteiger partial charge in [-0.2, -0.15) is 36.7 Å². The molecule has 1 aromatic carbocycles. The maximum atomic E-state index is 12.9. The molecule has 0 saturated heterocycles. The van der Waals surface area contributed by atoms with Gasteiger partial charge in [0.05, 0.1) is 28.8 Å². The Morgan fingerprint density at radius 1 is 1.08 bits per heavy atom. The summed E-state index contributed by atoms with van der Waals surface area (Å²) in [4.78, 5) is 0. The molecule has 3 rings (SSSR count). The zero-order valence-corrected chi connectivity index (χ0v) is 12.6. The predicted octanol–water partition coefficient (Wildman–Crippen LogP) is 4.75. The molecule has 25 heavy (non-hydrogen) atoms. The largest absolute Gasteiger partial charge is 0.416 e. The summed E-state index contributed by atoms with van der Waals surface area (Å²) in [6.07, 6.45) is -7.59. The highest BCUT2D eigenvalue weighted by Gasteiger charge is 2.38. The zero-order valence-electron chi connectivity index (χ0n) is 12.6. The van der Waals surface area contributed by atoms with Crippen LogP contribution in [0.3, 0.4) is 0 Å². The lowest BCUT2D eigenvalue weighted by Gasteiger charge is -2.13. The van der Waals surface area contributed by atoms with E-state index in [9.17, 15) is 26.3 Å². The fourth-order valence-electron chi connectivity index (χ4n) is 2.57. The molecule has 0 radical (unpaired) electrons. The monoisotopic (exact) mass is 359 g/mol. The van der Waals surface area contributed by atoms with E-state index < -0.39 is 23.5 Å². The van der Waals surface area contributed by atoms with Crippen LogP contribution >= 0.6 is 0 Å². The average Bonchev–Trinajstić information content (AvgIpc) is 3.09. The van der Waals surface area contributed by atoms with Crippen LogP contribution in [-0.4, -0.2) is 9.78 Å². The average molecular weight is 359 g/mol. The van der Waals surface area contributed by atoms with Crippen molar-refractivity contribution in [2.75, 3.05) is 0 Å². The molecule has 1 aromatic heterocycles. The molecular weight excluding hydrogens is 348 g/mol. The number of hydrogen-bond donors (Lipinski definition) is 0. The van der Waals surface area contributed by atoms with E-state index in [-0.39, 0.29) is 29.2 Å². The van der Waals surface area contributed by atoms with Crippen molar-refractivity contribution < 1.29 is 26.3 Å². The third-order valence-electron chi connectivity index (χ3n) is 4.03. The molecule has 2 aromatic rings. The molecule has 1 aliphatic carbocycles. The van der Waals surface area contributed by atoms with E-state index in [0.717, 1.165) is 0 Å². The van der Waals surface area contributed by atoms with E-state index in [1.165, 1.54) is 16.9 Å². The smallest absolute Gasteiger partial charge is 0.272 e. The van der Waals surface area contributed by atoms with Crippen molar-refractivity contribution in [3.63, 3.8) is 0 Å². The van der Waals surface area contributed by atoms with Gasteiger partial charge in [-0.1, -0.05) is 0 Å². The Labute approximate surface area is 138 Å². The van der Waals surface area contributed by atoms with Gasteiger partial charge in [0.1, 0.15) is 0 Å². The Kier molecular flexibility index (Phi) is 4.01. The predicted molar refractivity (Wildman–Crippen MR) is 74.9 cm³/mol. The molecule has 1 aliphatic rings. The second kappa shape index (κ2) is 5.79. The number of nitrogens with zero attached hydrogens (tertiary/aromatic N) is 3. The van der Waals surface area contributed by atoms with Gasteiger partial charge >= 0.3 is 12.4 Å².